The molecule has 0 saturated heterocycles. The summed E-state index contributed by atoms with van der Waals surface area (Å²) in [4.78, 5) is 12.4. The van der Waals surface area contributed by atoms with E-state index in [-0.39, 0.29) is 5.91 Å². The normalized spacial score (nSPS) is 27.4. The quantitative estimate of drug-likeness (QED) is 0.915. The van der Waals surface area contributed by atoms with Gasteiger partial charge in [-0.1, -0.05) is 25.7 Å². The maximum Gasteiger partial charge on any atom is 0.260 e. The minimum Gasteiger partial charge on any atom is -0.481 e. The highest BCUT2D eigenvalue weighted by Crippen LogP contribution is 2.40. The summed E-state index contributed by atoms with van der Waals surface area (Å²) in [5.74, 6) is 2.26. The summed E-state index contributed by atoms with van der Waals surface area (Å²) in [5, 5.41) is 12.0. The number of nitrogens with one attached hydrogen (secondary N) is 1. The number of fused-ring (bicyclic) bond motifs is 1. The van der Waals surface area contributed by atoms with Gasteiger partial charge >= 0.3 is 0 Å². The average molecular weight is 326 g/mol. The Morgan fingerprint density at radius 3 is 2.58 bits per heavy atom. The Morgan fingerprint density at radius 2 is 1.88 bits per heavy atom. The van der Waals surface area contributed by atoms with Crippen molar-refractivity contribution < 1.29 is 9.53 Å². The molecule has 1 N–H and O–H groups in total. The van der Waals surface area contributed by atoms with Crippen LogP contribution in [0.4, 0.5) is 0 Å². The molecule has 0 bridgehead atoms. The third kappa shape index (κ3) is 4.08. The van der Waals surface area contributed by atoms with E-state index in [1.165, 1.54) is 32.1 Å². The van der Waals surface area contributed by atoms with Crippen LogP contribution >= 0.6 is 0 Å². The Balaban J connectivity index is 1.49. The zero-order valence-corrected chi connectivity index (χ0v) is 14.3. The number of nitriles is 1. The molecule has 0 heterocycles. The van der Waals surface area contributed by atoms with Crippen molar-refractivity contribution in [2.75, 3.05) is 0 Å². The van der Waals surface area contributed by atoms with Crippen molar-refractivity contribution in [2.45, 2.75) is 64.0 Å². The van der Waals surface area contributed by atoms with Crippen LogP contribution in [-0.2, 0) is 4.79 Å². The first-order chi connectivity index (χ1) is 11.7. The first-order valence-electron chi connectivity index (χ1n) is 9.13. The minimum absolute atomic E-state index is 0.0429. The Kier molecular flexibility index (Phi) is 5.40. The van der Waals surface area contributed by atoms with Crippen LogP contribution in [0.2, 0.25) is 0 Å². The first-order valence-corrected chi connectivity index (χ1v) is 9.13. The van der Waals surface area contributed by atoms with E-state index in [2.05, 4.69) is 11.4 Å². The maximum atomic E-state index is 12.4. The smallest absolute Gasteiger partial charge is 0.260 e. The number of carbonyl (C=O) groups is 1. The predicted molar refractivity (Wildman–Crippen MR) is 92.5 cm³/mol. The van der Waals surface area contributed by atoms with E-state index in [1.54, 1.807) is 31.2 Å². The minimum atomic E-state index is -0.526. The number of ether oxygens (including phenoxy) is 1. The molecule has 128 valence electrons. The van der Waals surface area contributed by atoms with Crippen LogP contribution in [-0.4, -0.2) is 18.1 Å². The number of rotatable bonds is 4. The van der Waals surface area contributed by atoms with Crippen LogP contribution in [0, 0.1) is 23.2 Å². The van der Waals surface area contributed by atoms with Gasteiger partial charge in [-0.3, -0.25) is 4.79 Å². The molecule has 2 fully saturated rings. The van der Waals surface area contributed by atoms with E-state index in [4.69, 9.17) is 10.00 Å². The number of nitrogens with zero attached hydrogens (tertiary/aromatic N) is 1. The van der Waals surface area contributed by atoms with Crippen LogP contribution in [0.5, 0.6) is 5.75 Å². The lowest BCUT2D eigenvalue weighted by molar-refractivity contribution is -0.128. The van der Waals surface area contributed by atoms with Crippen molar-refractivity contribution in [2.24, 2.45) is 11.8 Å². The molecule has 4 atom stereocenters. The van der Waals surface area contributed by atoms with Gasteiger partial charge in [0.25, 0.3) is 5.91 Å². The van der Waals surface area contributed by atoms with Crippen LogP contribution in [0.1, 0.15) is 57.4 Å². The summed E-state index contributed by atoms with van der Waals surface area (Å²) < 4.78 is 5.70. The molecule has 0 aliphatic heterocycles. The predicted octanol–water partition coefficient (Wildman–Crippen LogP) is 3.80. The van der Waals surface area contributed by atoms with Gasteiger partial charge < -0.3 is 10.1 Å². The van der Waals surface area contributed by atoms with Gasteiger partial charge in [0, 0.05) is 6.04 Å². The molecule has 0 radical (unpaired) electrons. The molecule has 3 rings (SSSR count). The molecule has 2 saturated carbocycles. The average Bonchev–Trinajstić information content (AvgIpc) is 2.62. The molecule has 2 aliphatic carbocycles. The lowest BCUT2D eigenvalue weighted by Crippen LogP contribution is -2.46. The SMILES string of the molecule is C[C@H](Oc1ccc(C#N)cc1)C(=O)N[C@@H]1CC[C@@H]2CCCC[C@@H]2C1. The zero-order chi connectivity index (χ0) is 16.9. The Labute approximate surface area is 144 Å². The molecule has 4 nitrogen and oxygen atoms in total. The Hall–Kier alpha value is -2.02. The number of benzene rings is 1. The van der Waals surface area contributed by atoms with E-state index in [9.17, 15) is 4.79 Å². The van der Waals surface area contributed by atoms with Gasteiger partial charge in [0.05, 0.1) is 11.6 Å². The molecule has 1 amide bonds. The van der Waals surface area contributed by atoms with Gasteiger partial charge in [0.15, 0.2) is 6.10 Å². The topological polar surface area (TPSA) is 62.1 Å². The summed E-state index contributed by atoms with van der Waals surface area (Å²) in [6.45, 7) is 1.78. The van der Waals surface area contributed by atoms with Gasteiger partial charge in [-0.15, -0.1) is 0 Å². The monoisotopic (exact) mass is 326 g/mol. The maximum absolute atomic E-state index is 12.4. The summed E-state index contributed by atoms with van der Waals surface area (Å²) in [6.07, 6.45) is 8.38. The highest BCUT2D eigenvalue weighted by atomic mass is 16.5. The van der Waals surface area contributed by atoms with Crippen molar-refractivity contribution >= 4 is 5.91 Å². The van der Waals surface area contributed by atoms with Gasteiger partial charge in [0.1, 0.15) is 5.75 Å². The molecular weight excluding hydrogens is 300 g/mol. The summed E-state index contributed by atoms with van der Waals surface area (Å²) in [5.41, 5.74) is 0.587. The van der Waals surface area contributed by atoms with Crippen molar-refractivity contribution in [3.05, 3.63) is 29.8 Å². The van der Waals surface area contributed by atoms with E-state index in [1.807, 2.05) is 0 Å². The molecule has 0 unspecified atom stereocenters. The second kappa shape index (κ2) is 7.70. The standard InChI is InChI=1S/C20H26N2O2/c1-14(24-19-10-6-15(13-21)7-11-19)20(23)22-18-9-8-16-4-2-3-5-17(16)12-18/h6-7,10-11,14,16-18H,2-5,8-9,12H2,1H3,(H,22,23)/t14-,16-,17+,18+/m0/s1. The van der Waals surface area contributed by atoms with Gasteiger partial charge in [-0.2, -0.15) is 5.26 Å². The number of hydrogen-bond donors (Lipinski definition) is 1. The number of carbonyl (C=O) groups excluding carboxylic acids is 1. The second-order valence-corrected chi connectivity index (χ2v) is 7.22. The Bertz CT molecular complexity index is 605. The fourth-order valence-electron chi connectivity index (χ4n) is 4.19. The largest absolute Gasteiger partial charge is 0.481 e. The molecule has 4 heteroatoms. The summed E-state index contributed by atoms with van der Waals surface area (Å²) in [7, 11) is 0. The second-order valence-electron chi connectivity index (χ2n) is 7.22. The molecule has 0 spiro atoms. The molecule has 1 aromatic carbocycles. The lowest BCUT2D eigenvalue weighted by atomic mass is 9.69. The third-order valence-electron chi connectivity index (χ3n) is 5.55. The van der Waals surface area contributed by atoms with Crippen molar-refractivity contribution in [3.8, 4) is 11.8 Å². The summed E-state index contributed by atoms with van der Waals surface area (Å²) in [6, 6.07) is 9.23. The van der Waals surface area contributed by atoms with Gasteiger partial charge in [0.2, 0.25) is 0 Å². The highest BCUT2D eigenvalue weighted by Gasteiger charge is 2.33. The van der Waals surface area contributed by atoms with Crippen molar-refractivity contribution in [3.63, 3.8) is 0 Å². The number of amides is 1. The molecule has 0 aromatic heterocycles. The van der Waals surface area contributed by atoms with Crippen LogP contribution in [0.3, 0.4) is 0 Å². The van der Waals surface area contributed by atoms with Gasteiger partial charge in [-0.25, -0.2) is 0 Å². The molecule has 2 aliphatic rings. The van der Waals surface area contributed by atoms with E-state index in [0.717, 1.165) is 24.7 Å². The summed E-state index contributed by atoms with van der Waals surface area (Å²) >= 11 is 0. The Morgan fingerprint density at radius 1 is 1.17 bits per heavy atom. The lowest BCUT2D eigenvalue weighted by Gasteiger charge is -2.39. The van der Waals surface area contributed by atoms with Crippen molar-refractivity contribution in [1.82, 2.24) is 5.32 Å². The fourth-order valence-corrected chi connectivity index (χ4v) is 4.19. The van der Waals surface area contributed by atoms with E-state index < -0.39 is 6.10 Å². The van der Waals surface area contributed by atoms with Crippen LogP contribution in [0.25, 0.3) is 0 Å². The van der Waals surface area contributed by atoms with Crippen LogP contribution < -0.4 is 10.1 Å². The van der Waals surface area contributed by atoms with E-state index in [0.29, 0.717) is 17.4 Å². The fraction of sp³-hybridized carbons (Fsp3) is 0.600. The number of hydrogen-bond acceptors (Lipinski definition) is 3. The third-order valence-corrected chi connectivity index (χ3v) is 5.55. The molecule has 1 aromatic rings. The van der Waals surface area contributed by atoms with Crippen molar-refractivity contribution in [1.29, 1.82) is 5.26 Å². The molecule has 24 heavy (non-hydrogen) atoms. The van der Waals surface area contributed by atoms with Crippen LogP contribution in [0.15, 0.2) is 24.3 Å². The molecular formula is C20H26N2O2. The zero-order valence-electron chi connectivity index (χ0n) is 14.3. The van der Waals surface area contributed by atoms with Gasteiger partial charge in [-0.05, 0) is 62.3 Å². The first kappa shape index (κ1) is 16.8. The highest BCUT2D eigenvalue weighted by molar-refractivity contribution is 5.81. The van der Waals surface area contributed by atoms with E-state index >= 15 is 0 Å².